The van der Waals surface area contributed by atoms with Crippen molar-refractivity contribution in [3.8, 4) is 5.69 Å². The van der Waals surface area contributed by atoms with E-state index in [2.05, 4.69) is 10.1 Å². The molecule has 2 aromatic heterocycles. The first kappa shape index (κ1) is 14.2. The first-order valence-electron chi connectivity index (χ1n) is 6.73. The van der Waals surface area contributed by atoms with Gasteiger partial charge in [-0.25, -0.2) is 9.48 Å². The molecule has 0 saturated carbocycles. The van der Waals surface area contributed by atoms with Gasteiger partial charge in [-0.05, 0) is 12.1 Å². The van der Waals surface area contributed by atoms with Crippen molar-refractivity contribution in [3.63, 3.8) is 0 Å². The van der Waals surface area contributed by atoms with Gasteiger partial charge >= 0.3 is 5.97 Å². The van der Waals surface area contributed by atoms with Crippen molar-refractivity contribution in [2.75, 3.05) is 19.8 Å². The molecule has 1 amide bonds. The molecule has 1 N–H and O–H groups in total. The number of rotatable bonds is 3. The molecule has 22 heavy (non-hydrogen) atoms. The van der Waals surface area contributed by atoms with E-state index >= 15 is 0 Å². The number of carbonyl (C=O) groups excluding carboxylic acids is 1. The normalized spacial score (nSPS) is 18.2. The molecule has 8 heteroatoms. The van der Waals surface area contributed by atoms with Gasteiger partial charge in [-0.3, -0.25) is 9.78 Å². The van der Waals surface area contributed by atoms with Crippen LogP contribution in [-0.4, -0.2) is 62.4 Å². The van der Waals surface area contributed by atoms with E-state index in [1.165, 1.54) is 15.8 Å². The Labute approximate surface area is 125 Å². The number of aromatic nitrogens is 3. The van der Waals surface area contributed by atoms with Gasteiger partial charge in [0, 0.05) is 18.9 Å². The first-order chi connectivity index (χ1) is 10.7. The number of ether oxygens (including phenoxy) is 1. The number of pyridine rings is 1. The Morgan fingerprint density at radius 2 is 2.23 bits per heavy atom. The van der Waals surface area contributed by atoms with Gasteiger partial charge in [0.2, 0.25) is 0 Å². The maximum absolute atomic E-state index is 12.5. The molecule has 114 valence electrons. The molecule has 0 aromatic carbocycles. The lowest BCUT2D eigenvalue weighted by Gasteiger charge is -2.32. The van der Waals surface area contributed by atoms with Gasteiger partial charge in [0.05, 0.1) is 36.9 Å². The summed E-state index contributed by atoms with van der Waals surface area (Å²) in [4.78, 5) is 29.0. The summed E-state index contributed by atoms with van der Waals surface area (Å²) in [6.45, 7) is 0.567. The van der Waals surface area contributed by atoms with Gasteiger partial charge in [0.1, 0.15) is 0 Å². The largest absolute Gasteiger partial charge is 0.480 e. The van der Waals surface area contributed by atoms with Gasteiger partial charge in [0.25, 0.3) is 5.91 Å². The van der Waals surface area contributed by atoms with E-state index in [4.69, 9.17) is 4.74 Å². The molecule has 1 atom stereocenters. The van der Waals surface area contributed by atoms with Crippen LogP contribution in [0, 0.1) is 0 Å². The van der Waals surface area contributed by atoms with Crippen LogP contribution >= 0.6 is 0 Å². The van der Waals surface area contributed by atoms with Crippen molar-refractivity contribution in [1.29, 1.82) is 0 Å². The molecule has 8 nitrogen and oxygen atoms in total. The summed E-state index contributed by atoms with van der Waals surface area (Å²) in [6, 6.07) is 2.60. The number of hydrogen-bond donors (Lipinski definition) is 1. The molecule has 1 fully saturated rings. The zero-order valence-electron chi connectivity index (χ0n) is 11.6. The third-order valence-electron chi connectivity index (χ3n) is 3.41. The molecule has 1 saturated heterocycles. The van der Waals surface area contributed by atoms with Gasteiger partial charge in [0.15, 0.2) is 6.04 Å². The summed E-state index contributed by atoms with van der Waals surface area (Å²) in [5.74, 6) is -1.45. The monoisotopic (exact) mass is 302 g/mol. The van der Waals surface area contributed by atoms with Crippen LogP contribution in [0.4, 0.5) is 0 Å². The second-order valence-corrected chi connectivity index (χ2v) is 4.81. The van der Waals surface area contributed by atoms with Crippen molar-refractivity contribution in [3.05, 3.63) is 42.5 Å². The number of hydrogen-bond acceptors (Lipinski definition) is 5. The summed E-state index contributed by atoms with van der Waals surface area (Å²) >= 11 is 0. The van der Waals surface area contributed by atoms with E-state index in [-0.39, 0.29) is 19.1 Å². The number of nitrogens with zero attached hydrogens (tertiary/aromatic N) is 4. The van der Waals surface area contributed by atoms with Crippen LogP contribution in [0.2, 0.25) is 0 Å². The van der Waals surface area contributed by atoms with E-state index in [0.717, 1.165) is 5.69 Å². The fraction of sp³-hybridized carbons (Fsp3) is 0.286. The van der Waals surface area contributed by atoms with Crippen LogP contribution in [0.1, 0.15) is 10.4 Å². The van der Waals surface area contributed by atoms with Crippen molar-refractivity contribution >= 4 is 11.9 Å². The van der Waals surface area contributed by atoms with Crippen molar-refractivity contribution in [1.82, 2.24) is 19.7 Å². The third-order valence-corrected chi connectivity index (χ3v) is 3.41. The molecule has 1 aliphatic heterocycles. The molecular weight excluding hydrogens is 288 g/mol. The van der Waals surface area contributed by atoms with Crippen LogP contribution in [0.25, 0.3) is 5.69 Å². The third kappa shape index (κ3) is 2.68. The molecule has 3 heterocycles. The number of amides is 1. The Balaban J connectivity index is 1.83. The highest BCUT2D eigenvalue weighted by atomic mass is 16.5. The van der Waals surface area contributed by atoms with E-state index < -0.39 is 12.0 Å². The highest BCUT2D eigenvalue weighted by molar-refractivity contribution is 5.96. The standard InChI is InChI=1S/C14H14N4O4/c19-13(17-4-5-22-9-12(17)14(20)21)10-6-16-18(8-10)11-2-1-3-15-7-11/h1-3,6-8,12H,4-5,9H2,(H,20,21). The minimum atomic E-state index is -1.08. The lowest BCUT2D eigenvalue weighted by Crippen LogP contribution is -2.52. The van der Waals surface area contributed by atoms with Crippen LogP contribution in [0.5, 0.6) is 0 Å². The van der Waals surface area contributed by atoms with Gasteiger partial charge in [-0.1, -0.05) is 0 Å². The van der Waals surface area contributed by atoms with Crippen molar-refractivity contribution in [2.45, 2.75) is 6.04 Å². The van der Waals surface area contributed by atoms with Crippen LogP contribution in [0.15, 0.2) is 36.9 Å². The van der Waals surface area contributed by atoms with Crippen molar-refractivity contribution in [2.24, 2.45) is 0 Å². The molecule has 1 aliphatic rings. The van der Waals surface area contributed by atoms with Gasteiger partial charge in [-0.15, -0.1) is 0 Å². The minimum absolute atomic E-state index is 0.00217. The van der Waals surface area contributed by atoms with E-state index in [1.807, 2.05) is 6.07 Å². The number of carboxylic acid groups (broad SMARTS) is 1. The Morgan fingerprint density at radius 1 is 1.36 bits per heavy atom. The predicted molar refractivity (Wildman–Crippen MR) is 74.6 cm³/mol. The number of morpholine rings is 1. The van der Waals surface area contributed by atoms with Gasteiger partial charge < -0.3 is 14.7 Å². The predicted octanol–water partition coefficient (Wildman–Crippen LogP) is 0.193. The summed E-state index contributed by atoms with van der Waals surface area (Å²) in [7, 11) is 0. The Morgan fingerprint density at radius 3 is 2.95 bits per heavy atom. The average molecular weight is 302 g/mol. The highest BCUT2D eigenvalue weighted by Gasteiger charge is 2.33. The number of carbonyl (C=O) groups is 2. The fourth-order valence-electron chi connectivity index (χ4n) is 2.28. The highest BCUT2D eigenvalue weighted by Crippen LogP contribution is 2.14. The van der Waals surface area contributed by atoms with Crippen LogP contribution in [-0.2, 0) is 9.53 Å². The lowest BCUT2D eigenvalue weighted by atomic mass is 10.2. The topological polar surface area (TPSA) is 97.5 Å². The van der Waals surface area contributed by atoms with E-state index in [9.17, 15) is 14.7 Å². The fourth-order valence-corrected chi connectivity index (χ4v) is 2.28. The SMILES string of the molecule is O=C(O)C1COCCN1C(=O)c1cnn(-c2cccnc2)c1. The van der Waals surface area contributed by atoms with Crippen LogP contribution < -0.4 is 0 Å². The van der Waals surface area contributed by atoms with Gasteiger partial charge in [-0.2, -0.15) is 5.10 Å². The first-order valence-corrected chi connectivity index (χ1v) is 6.73. The maximum atomic E-state index is 12.5. The summed E-state index contributed by atoms with van der Waals surface area (Å²) in [6.07, 6.45) is 6.25. The Hall–Kier alpha value is -2.74. The zero-order chi connectivity index (χ0) is 15.5. The quantitative estimate of drug-likeness (QED) is 0.869. The Kier molecular flexibility index (Phi) is 3.84. The molecule has 3 rings (SSSR count). The van der Waals surface area contributed by atoms with E-state index in [0.29, 0.717) is 12.2 Å². The second-order valence-electron chi connectivity index (χ2n) is 4.81. The number of aliphatic carboxylic acids is 1. The molecule has 0 bridgehead atoms. The van der Waals surface area contributed by atoms with E-state index in [1.54, 1.807) is 24.7 Å². The molecular formula is C14H14N4O4. The molecule has 0 radical (unpaired) electrons. The lowest BCUT2D eigenvalue weighted by molar-refractivity contribution is -0.147. The molecule has 0 spiro atoms. The summed E-state index contributed by atoms with van der Waals surface area (Å²) < 4.78 is 6.65. The average Bonchev–Trinajstić information content (AvgIpc) is 3.05. The number of carboxylic acids is 1. The molecule has 1 unspecified atom stereocenters. The second kappa shape index (κ2) is 5.94. The minimum Gasteiger partial charge on any atom is -0.480 e. The van der Waals surface area contributed by atoms with Crippen LogP contribution in [0.3, 0.4) is 0 Å². The summed E-state index contributed by atoms with van der Waals surface area (Å²) in [5.41, 5.74) is 1.05. The molecule has 0 aliphatic carbocycles. The Bertz CT molecular complexity index is 685. The van der Waals surface area contributed by atoms with Crippen molar-refractivity contribution < 1.29 is 19.4 Å². The zero-order valence-corrected chi connectivity index (χ0v) is 11.6. The maximum Gasteiger partial charge on any atom is 0.328 e. The molecule has 2 aromatic rings. The smallest absolute Gasteiger partial charge is 0.328 e. The summed E-state index contributed by atoms with van der Waals surface area (Å²) in [5, 5.41) is 13.3.